The highest BCUT2D eigenvalue weighted by atomic mass is 35.5. The smallest absolute Gasteiger partial charge is 0.164 e. The number of halogens is 2. The van der Waals surface area contributed by atoms with E-state index in [9.17, 15) is 9.50 Å². The summed E-state index contributed by atoms with van der Waals surface area (Å²) in [5.74, 6) is 1.02. The van der Waals surface area contributed by atoms with Crippen molar-refractivity contribution in [3.63, 3.8) is 0 Å². The van der Waals surface area contributed by atoms with Gasteiger partial charge in [0.15, 0.2) is 11.6 Å². The summed E-state index contributed by atoms with van der Waals surface area (Å²) in [5.41, 5.74) is 2.12. The number of H-pyrrole nitrogens is 1. The summed E-state index contributed by atoms with van der Waals surface area (Å²) in [4.78, 5) is 8.94. The monoisotopic (exact) mass is 385 g/mol. The molecular weight excluding hydrogens is 369 g/mol. The first-order valence-electron chi connectivity index (χ1n) is 8.09. The van der Waals surface area contributed by atoms with E-state index in [1.54, 1.807) is 0 Å². The van der Waals surface area contributed by atoms with Gasteiger partial charge in [-0.1, -0.05) is 24.3 Å². The molecule has 27 heavy (non-hydrogen) atoms. The van der Waals surface area contributed by atoms with Gasteiger partial charge in [0.2, 0.25) is 0 Å². The normalized spacial score (nSPS) is 11.8. The van der Waals surface area contributed by atoms with Crippen molar-refractivity contribution >= 4 is 34.9 Å². The summed E-state index contributed by atoms with van der Waals surface area (Å²) in [7, 11) is 0. The minimum Gasteiger partial charge on any atom is -0.380 e. The highest BCUT2D eigenvalue weighted by Gasteiger charge is 2.17. The van der Waals surface area contributed by atoms with E-state index in [1.807, 2.05) is 37.3 Å². The summed E-state index contributed by atoms with van der Waals surface area (Å²) in [6.07, 6.45) is -1.07. The van der Waals surface area contributed by atoms with Gasteiger partial charge in [0.25, 0.3) is 0 Å². The summed E-state index contributed by atoms with van der Waals surface area (Å²) < 4.78 is 13.1. The zero-order chi connectivity index (χ0) is 18.1. The molecule has 0 amide bonds. The number of rotatable bonds is 4. The van der Waals surface area contributed by atoms with Gasteiger partial charge in [-0.15, -0.1) is 12.4 Å². The second-order valence-electron chi connectivity index (χ2n) is 5.96. The highest BCUT2D eigenvalue weighted by Crippen LogP contribution is 2.27. The van der Waals surface area contributed by atoms with Crippen molar-refractivity contribution in [1.29, 1.82) is 0 Å². The molecule has 4 rings (SSSR count). The predicted octanol–water partition coefficient (Wildman–Crippen LogP) is 4.05. The van der Waals surface area contributed by atoms with Crippen molar-refractivity contribution < 1.29 is 9.50 Å². The minimum atomic E-state index is -1.07. The minimum absolute atomic E-state index is 0. The van der Waals surface area contributed by atoms with Gasteiger partial charge in [0, 0.05) is 17.1 Å². The van der Waals surface area contributed by atoms with Crippen molar-refractivity contribution in [3.05, 3.63) is 77.5 Å². The van der Waals surface area contributed by atoms with E-state index in [0.29, 0.717) is 22.7 Å². The van der Waals surface area contributed by atoms with Crippen LogP contribution in [0.1, 0.15) is 23.2 Å². The average molecular weight is 386 g/mol. The molecule has 3 N–H and O–H groups in total. The molecule has 2 aromatic carbocycles. The van der Waals surface area contributed by atoms with E-state index in [1.165, 1.54) is 24.3 Å². The molecule has 2 aromatic heterocycles. The Bertz CT molecular complexity index is 1070. The Balaban J connectivity index is 0.00000210. The van der Waals surface area contributed by atoms with Crippen molar-refractivity contribution in [3.8, 4) is 0 Å². The second-order valence-corrected chi connectivity index (χ2v) is 5.96. The maximum atomic E-state index is 13.1. The number of nitrogens with zero attached hydrogens (tertiary/aromatic N) is 3. The third-order valence-corrected chi connectivity index (χ3v) is 4.00. The molecule has 0 aliphatic heterocycles. The molecule has 0 saturated heterocycles. The lowest BCUT2D eigenvalue weighted by Gasteiger charge is -2.13. The van der Waals surface area contributed by atoms with E-state index in [2.05, 4.69) is 25.5 Å². The SMILES string of the molecule is Cc1cc(Nc2nc([C@H](O)c3ccc(F)cc3)nc3ccccc23)n[nH]1.Cl. The number of aromatic nitrogens is 4. The van der Waals surface area contributed by atoms with Gasteiger partial charge in [-0.25, -0.2) is 14.4 Å². The van der Waals surface area contributed by atoms with Gasteiger partial charge >= 0.3 is 0 Å². The van der Waals surface area contributed by atoms with E-state index < -0.39 is 6.10 Å². The molecule has 138 valence electrons. The Hall–Kier alpha value is -3.03. The van der Waals surface area contributed by atoms with Crippen LogP contribution in [0, 0.1) is 12.7 Å². The van der Waals surface area contributed by atoms with Crippen LogP contribution in [0.15, 0.2) is 54.6 Å². The van der Waals surface area contributed by atoms with Crippen LogP contribution in [0.5, 0.6) is 0 Å². The number of anilines is 2. The van der Waals surface area contributed by atoms with Crippen LogP contribution < -0.4 is 5.32 Å². The zero-order valence-corrected chi connectivity index (χ0v) is 15.2. The second kappa shape index (κ2) is 7.69. The van der Waals surface area contributed by atoms with Crippen LogP contribution in [0.4, 0.5) is 16.0 Å². The highest BCUT2D eigenvalue weighted by molar-refractivity contribution is 5.90. The number of benzene rings is 2. The standard InChI is InChI=1S/C19H16FN5O.ClH/c1-11-10-16(25-24-11)22-18-14-4-2-3-5-15(14)21-19(23-18)17(26)12-6-8-13(20)9-7-12;/h2-10,17,26H,1H3,(H2,21,22,23,24,25);1H/t17-;/m1./s1. The van der Waals surface area contributed by atoms with E-state index in [0.717, 1.165) is 11.1 Å². The van der Waals surface area contributed by atoms with Gasteiger partial charge in [0.05, 0.1) is 5.52 Å². The Kier molecular flexibility index (Phi) is 5.34. The molecule has 0 bridgehead atoms. The molecule has 8 heteroatoms. The number of aliphatic hydroxyl groups excluding tert-OH is 1. The third kappa shape index (κ3) is 3.89. The number of para-hydroxylation sites is 1. The molecule has 0 aliphatic carbocycles. The first kappa shape index (κ1) is 18.8. The molecule has 0 unspecified atom stereocenters. The molecular formula is C19H17ClFN5O. The summed E-state index contributed by atoms with van der Waals surface area (Å²) >= 11 is 0. The summed E-state index contributed by atoms with van der Waals surface area (Å²) in [6, 6.07) is 15.0. The lowest BCUT2D eigenvalue weighted by molar-refractivity contribution is 0.210. The molecule has 0 spiro atoms. The Morgan fingerprint density at radius 1 is 1.07 bits per heavy atom. The van der Waals surface area contributed by atoms with Gasteiger partial charge in [-0.05, 0) is 36.8 Å². The number of nitrogens with one attached hydrogen (secondary N) is 2. The van der Waals surface area contributed by atoms with Gasteiger partial charge in [-0.2, -0.15) is 5.10 Å². The van der Waals surface area contributed by atoms with Gasteiger partial charge < -0.3 is 10.4 Å². The van der Waals surface area contributed by atoms with Crippen LogP contribution in [0.3, 0.4) is 0 Å². The third-order valence-electron chi connectivity index (χ3n) is 4.00. The molecule has 2 heterocycles. The maximum absolute atomic E-state index is 13.1. The molecule has 0 saturated carbocycles. The van der Waals surface area contributed by atoms with Crippen molar-refractivity contribution in [2.24, 2.45) is 0 Å². The number of hydrogen-bond donors (Lipinski definition) is 3. The van der Waals surface area contributed by atoms with Crippen molar-refractivity contribution in [1.82, 2.24) is 20.2 Å². The fourth-order valence-corrected chi connectivity index (χ4v) is 2.71. The van der Waals surface area contributed by atoms with Gasteiger partial charge in [0.1, 0.15) is 17.7 Å². The van der Waals surface area contributed by atoms with Crippen LogP contribution in [0.25, 0.3) is 10.9 Å². The van der Waals surface area contributed by atoms with Gasteiger partial charge in [-0.3, -0.25) is 5.10 Å². The quantitative estimate of drug-likeness (QED) is 0.493. The number of hydrogen-bond acceptors (Lipinski definition) is 5. The largest absolute Gasteiger partial charge is 0.380 e. The fourth-order valence-electron chi connectivity index (χ4n) is 2.71. The molecule has 6 nitrogen and oxygen atoms in total. The first-order valence-corrected chi connectivity index (χ1v) is 8.09. The topological polar surface area (TPSA) is 86.7 Å². The van der Waals surface area contributed by atoms with Crippen molar-refractivity contribution in [2.45, 2.75) is 13.0 Å². The first-order chi connectivity index (χ1) is 12.6. The molecule has 0 aliphatic rings. The summed E-state index contributed by atoms with van der Waals surface area (Å²) in [5, 5.41) is 21.6. The fraction of sp³-hybridized carbons (Fsp3) is 0.105. The summed E-state index contributed by atoms with van der Waals surface area (Å²) in [6.45, 7) is 1.90. The number of aryl methyl sites for hydroxylation is 1. The molecule has 0 radical (unpaired) electrons. The zero-order valence-electron chi connectivity index (χ0n) is 14.3. The van der Waals surface area contributed by atoms with E-state index in [-0.39, 0.29) is 24.0 Å². The van der Waals surface area contributed by atoms with Crippen LogP contribution >= 0.6 is 12.4 Å². The number of aromatic amines is 1. The van der Waals surface area contributed by atoms with E-state index >= 15 is 0 Å². The maximum Gasteiger partial charge on any atom is 0.164 e. The number of fused-ring (bicyclic) bond motifs is 1. The lowest BCUT2D eigenvalue weighted by atomic mass is 10.1. The van der Waals surface area contributed by atoms with Crippen LogP contribution in [0.2, 0.25) is 0 Å². The Morgan fingerprint density at radius 2 is 1.81 bits per heavy atom. The van der Waals surface area contributed by atoms with E-state index in [4.69, 9.17) is 0 Å². The lowest BCUT2D eigenvalue weighted by Crippen LogP contribution is -2.08. The molecule has 0 fully saturated rings. The Morgan fingerprint density at radius 3 is 2.52 bits per heavy atom. The predicted molar refractivity (Wildman–Crippen MR) is 104 cm³/mol. The Labute approximate surface area is 160 Å². The van der Waals surface area contributed by atoms with Crippen molar-refractivity contribution in [2.75, 3.05) is 5.32 Å². The molecule has 4 aromatic rings. The van der Waals surface area contributed by atoms with Crippen LogP contribution in [-0.4, -0.2) is 25.3 Å². The van der Waals surface area contributed by atoms with Crippen LogP contribution in [-0.2, 0) is 0 Å². The average Bonchev–Trinajstić information content (AvgIpc) is 3.06. The number of aliphatic hydroxyl groups is 1. The molecule has 1 atom stereocenters.